The molecule has 3 aliphatic heterocycles. The Kier molecular flexibility index (Phi) is 5.24. The number of carbonyl (C=O) groups is 4. The molecule has 0 spiro atoms. The van der Waals surface area contributed by atoms with Crippen LogP contribution in [0.5, 0.6) is 5.75 Å². The number of methoxy groups -OCH3 is 1. The molecule has 188 valence electrons. The summed E-state index contributed by atoms with van der Waals surface area (Å²) < 4.78 is 19.3. The van der Waals surface area contributed by atoms with E-state index in [1.807, 2.05) is 0 Å². The normalized spacial score (nSPS) is 27.7. The van der Waals surface area contributed by atoms with E-state index >= 15 is 0 Å². The van der Waals surface area contributed by atoms with Gasteiger partial charge in [-0.15, -0.1) is 0 Å². The van der Waals surface area contributed by atoms with Gasteiger partial charge in [0.05, 0.1) is 30.7 Å². The highest BCUT2D eigenvalue weighted by molar-refractivity contribution is 6.26. The lowest BCUT2D eigenvalue weighted by Crippen LogP contribution is -2.55. The quantitative estimate of drug-likeness (QED) is 0.476. The Morgan fingerprint density at radius 2 is 1.67 bits per heavy atom. The van der Waals surface area contributed by atoms with Crippen molar-refractivity contribution in [2.45, 2.75) is 51.2 Å². The van der Waals surface area contributed by atoms with Crippen molar-refractivity contribution in [3.05, 3.63) is 59.9 Å². The summed E-state index contributed by atoms with van der Waals surface area (Å²) >= 11 is 0. The molecule has 0 bridgehead atoms. The first kappa shape index (κ1) is 24.0. The van der Waals surface area contributed by atoms with Gasteiger partial charge >= 0.3 is 6.03 Å². The fourth-order valence-electron chi connectivity index (χ4n) is 6.19. The summed E-state index contributed by atoms with van der Waals surface area (Å²) in [5.74, 6) is -3.49. The van der Waals surface area contributed by atoms with Gasteiger partial charge in [0.2, 0.25) is 11.8 Å². The molecule has 3 fully saturated rings. The Morgan fingerprint density at radius 1 is 1.00 bits per heavy atom. The highest BCUT2D eigenvalue weighted by atomic mass is 19.1. The number of likely N-dealkylation sites (tertiary alicyclic amines) is 1. The van der Waals surface area contributed by atoms with Crippen LogP contribution in [-0.4, -0.2) is 51.7 Å². The Hall–Kier alpha value is -3.75. The van der Waals surface area contributed by atoms with E-state index in [-0.39, 0.29) is 12.1 Å². The maximum atomic E-state index is 14.1. The number of hydrogen-bond acceptors (Lipinski definition) is 5. The van der Waals surface area contributed by atoms with Crippen LogP contribution in [0, 0.1) is 17.7 Å². The third-order valence-corrected chi connectivity index (χ3v) is 7.62. The maximum absolute atomic E-state index is 14.1. The summed E-state index contributed by atoms with van der Waals surface area (Å²) in [6.07, 6.45) is 0.119. The first-order valence-electron chi connectivity index (χ1n) is 11.9. The van der Waals surface area contributed by atoms with Crippen LogP contribution in [0.4, 0.5) is 14.9 Å². The summed E-state index contributed by atoms with van der Waals surface area (Å²) in [5.41, 5.74) is -1.69. The van der Waals surface area contributed by atoms with Crippen LogP contribution >= 0.6 is 0 Å². The van der Waals surface area contributed by atoms with Crippen molar-refractivity contribution in [2.24, 2.45) is 11.8 Å². The molecule has 3 saturated heterocycles. The van der Waals surface area contributed by atoms with E-state index in [9.17, 15) is 23.6 Å². The lowest BCUT2D eigenvalue weighted by atomic mass is 9.77. The molecule has 3 aliphatic rings. The van der Waals surface area contributed by atoms with E-state index in [2.05, 4.69) is 0 Å². The number of benzene rings is 2. The van der Waals surface area contributed by atoms with Gasteiger partial charge in [0.25, 0.3) is 5.91 Å². The zero-order chi connectivity index (χ0) is 26.2. The largest absolute Gasteiger partial charge is 0.497 e. The van der Waals surface area contributed by atoms with Crippen LogP contribution in [0.15, 0.2) is 48.5 Å². The van der Waals surface area contributed by atoms with E-state index < -0.39 is 58.5 Å². The Bertz CT molecular complexity index is 1290. The molecule has 36 heavy (non-hydrogen) atoms. The van der Waals surface area contributed by atoms with Crippen molar-refractivity contribution < 1.29 is 28.3 Å². The van der Waals surface area contributed by atoms with Crippen molar-refractivity contribution in [3.63, 3.8) is 0 Å². The number of carbonyl (C=O) groups excluding carboxylic acids is 4. The Morgan fingerprint density at radius 3 is 2.22 bits per heavy atom. The highest BCUT2D eigenvalue weighted by Crippen LogP contribution is 2.60. The van der Waals surface area contributed by atoms with Crippen LogP contribution in [0.25, 0.3) is 0 Å². The summed E-state index contributed by atoms with van der Waals surface area (Å²) in [7, 11) is 1.53. The molecule has 0 radical (unpaired) electrons. The lowest BCUT2D eigenvalue weighted by Gasteiger charge is -2.37. The minimum absolute atomic E-state index is 0.0849. The monoisotopic (exact) mass is 493 g/mol. The third kappa shape index (κ3) is 2.98. The molecule has 0 N–H and O–H groups in total. The molecule has 0 aliphatic carbocycles. The number of anilines is 1. The topological polar surface area (TPSA) is 87.2 Å². The van der Waals surface area contributed by atoms with Crippen molar-refractivity contribution >= 4 is 29.4 Å². The number of nitrogens with zero attached hydrogens (tertiary/aromatic N) is 3. The number of ether oxygens (including phenoxy) is 1. The first-order valence-corrected chi connectivity index (χ1v) is 11.9. The van der Waals surface area contributed by atoms with Crippen molar-refractivity contribution in [2.75, 3.05) is 12.0 Å². The van der Waals surface area contributed by atoms with Gasteiger partial charge in [-0.3, -0.25) is 19.3 Å². The van der Waals surface area contributed by atoms with E-state index in [1.165, 1.54) is 35.1 Å². The van der Waals surface area contributed by atoms with Gasteiger partial charge in [0.15, 0.2) is 0 Å². The Balaban J connectivity index is 1.74. The average Bonchev–Trinajstić information content (AvgIpc) is 3.37. The standard InChI is InChI=1S/C27H28FN3O5/c1-6-27-20-19(22(32)31(23(20)33)26(2,3)4)21(15-10-12-18(36-5)13-11-15)30(27)25(35)29(24(27)34)17-9-7-8-16(28)14-17/h7-14,19-21H,6H2,1-5H3/t19?,20?,21?,27-/m1/s1. The van der Waals surface area contributed by atoms with Crippen molar-refractivity contribution in [1.82, 2.24) is 9.80 Å². The Labute approximate surface area is 208 Å². The maximum Gasteiger partial charge on any atom is 0.332 e. The zero-order valence-corrected chi connectivity index (χ0v) is 20.8. The molecule has 8 nitrogen and oxygen atoms in total. The van der Waals surface area contributed by atoms with Crippen LogP contribution in [-0.2, 0) is 14.4 Å². The highest BCUT2D eigenvalue weighted by Gasteiger charge is 2.77. The molecule has 9 heteroatoms. The van der Waals surface area contributed by atoms with Gasteiger partial charge in [0, 0.05) is 5.54 Å². The SMILES string of the molecule is CC[C@@]12C(=O)N(c3cccc(F)c3)C(=O)N1C(c1ccc(OC)cc1)C1C(=O)N(C(C)(C)C)C(=O)C12. The number of hydrogen-bond donors (Lipinski definition) is 0. The second kappa shape index (κ2) is 7.88. The predicted molar refractivity (Wildman–Crippen MR) is 128 cm³/mol. The summed E-state index contributed by atoms with van der Waals surface area (Å²) in [5, 5.41) is 0. The van der Waals surface area contributed by atoms with Gasteiger partial charge in [-0.25, -0.2) is 14.1 Å². The fourth-order valence-corrected chi connectivity index (χ4v) is 6.19. The van der Waals surface area contributed by atoms with Crippen LogP contribution in [0.1, 0.15) is 45.7 Å². The van der Waals surface area contributed by atoms with E-state index in [0.717, 1.165) is 11.0 Å². The minimum atomic E-state index is -1.58. The number of fused-ring (bicyclic) bond motifs is 3. The zero-order valence-electron chi connectivity index (χ0n) is 20.8. The molecule has 4 atom stereocenters. The number of rotatable bonds is 4. The van der Waals surface area contributed by atoms with Gasteiger partial charge in [0.1, 0.15) is 17.1 Å². The van der Waals surface area contributed by atoms with Gasteiger partial charge in [-0.2, -0.15) is 0 Å². The lowest BCUT2D eigenvalue weighted by molar-refractivity contribution is -0.149. The molecule has 2 aromatic rings. The molecule has 3 heterocycles. The predicted octanol–water partition coefficient (Wildman–Crippen LogP) is 3.91. The van der Waals surface area contributed by atoms with Gasteiger partial charge in [-0.1, -0.05) is 25.1 Å². The number of halogens is 1. The molecule has 3 unspecified atom stereocenters. The first-order chi connectivity index (χ1) is 17.0. The van der Waals surface area contributed by atoms with E-state index in [1.54, 1.807) is 52.0 Å². The number of amides is 5. The number of imide groups is 2. The van der Waals surface area contributed by atoms with E-state index in [4.69, 9.17) is 4.74 Å². The molecule has 5 amide bonds. The molecular formula is C27H28FN3O5. The average molecular weight is 494 g/mol. The van der Waals surface area contributed by atoms with E-state index in [0.29, 0.717) is 11.3 Å². The summed E-state index contributed by atoms with van der Waals surface area (Å²) in [6.45, 7) is 7.04. The summed E-state index contributed by atoms with van der Waals surface area (Å²) in [6, 6.07) is 10.6. The molecule has 0 aromatic heterocycles. The fraction of sp³-hybridized carbons (Fsp3) is 0.407. The second-order valence-corrected chi connectivity index (χ2v) is 10.5. The minimum Gasteiger partial charge on any atom is -0.497 e. The molecule has 5 rings (SSSR count). The van der Waals surface area contributed by atoms with Crippen molar-refractivity contribution in [1.29, 1.82) is 0 Å². The molecule has 0 saturated carbocycles. The van der Waals surface area contributed by atoms with Gasteiger partial charge < -0.3 is 9.64 Å². The summed E-state index contributed by atoms with van der Waals surface area (Å²) in [4.78, 5) is 59.4. The number of urea groups is 1. The molecular weight excluding hydrogens is 465 g/mol. The van der Waals surface area contributed by atoms with Crippen LogP contribution in [0.3, 0.4) is 0 Å². The smallest absolute Gasteiger partial charge is 0.332 e. The molecule has 2 aromatic carbocycles. The van der Waals surface area contributed by atoms with Crippen LogP contribution < -0.4 is 9.64 Å². The van der Waals surface area contributed by atoms with Crippen LogP contribution in [0.2, 0.25) is 0 Å². The second-order valence-electron chi connectivity index (χ2n) is 10.5. The third-order valence-electron chi connectivity index (χ3n) is 7.62. The van der Waals surface area contributed by atoms with Crippen molar-refractivity contribution in [3.8, 4) is 5.75 Å². The van der Waals surface area contributed by atoms with Gasteiger partial charge in [-0.05, 0) is 63.1 Å².